The molecule has 1 amide bonds. The molecular weight excluding hydrogens is 304 g/mol. The molecule has 0 aromatic carbocycles. The van der Waals surface area contributed by atoms with Gasteiger partial charge in [0.25, 0.3) is 5.91 Å². The molecule has 0 unspecified atom stereocenters. The minimum atomic E-state index is -0.0744. The zero-order valence-electron chi connectivity index (χ0n) is 13.2. The van der Waals surface area contributed by atoms with Gasteiger partial charge in [0.1, 0.15) is 5.76 Å². The van der Waals surface area contributed by atoms with E-state index in [1.807, 2.05) is 24.3 Å². The van der Waals surface area contributed by atoms with Gasteiger partial charge in [0.15, 0.2) is 5.69 Å². The molecule has 3 aromatic heterocycles. The molecule has 1 N–H and O–H groups in total. The molecule has 122 valence electrons. The maximum atomic E-state index is 13.1. The van der Waals surface area contributed by atoms with Crippen LogP contribution in [0, 0.1) is 0 Å². The third kappa shape index (κ3) is 2.82. The molecule has 0 saturated heterocycles. The number of amides is 1. The van der Waals surface area contributed by atoms with Crippen LogP contribution in [0.4, 0.5) is 0 Å². The highest BCUT2D eigenvalue weighted by atomic mass is 16.3. The fourth-order valence-corrected chi connectivity index (χ4v) is 3.15. The van der Waals surface area contributed by atoms with Crippen molar-refractivity contribution in [1.29, 1.82) is 0 Å². The van der Waals surface area contributed by atoms with Crippen LogP contribution in [0.2, 0.25) is 0 Å². The highest BCUT2D eigenvalue weighted by Crippen LogP contribution is 2.24. The molecule has 24 heavy (non-hydrogen) atoms. The first-order chi connectivity index (χ1) is 11.8. The summed E-state index contributed by atoms with van der Waals surface area (Å²) < 4.78 is 5.42. The Morgan fingerprint density at radius 2 is 2.21 bits per heavy atom. The van der Waals surface area contributed by atoms with Crippen LogP contribution in [-0.4, -0.2) is 26.0 Å². The van der Waals surface area contributed by atoms with Crippen molar-refractivity contribution in [3.05, 3.63) is 71.2 Å². The molecule has 0 fully saturated rings. The molecule has 3 aromatic rings. The van der Waals surface area contributed by atoms with E-state index in [9.17, 15) is 4.79 Å². The molecule has 6 heteroatoms. The minimum absolute atomic E-state index is 0.0744. The number of carbonyl (C=O) groups is 1. The van der Waals surface area contributed by atoms with Crippen molar-refractivity contribution < 1.29 is 9.21 Å². The van der Waals surface area contributed by atoms with Gasteiger partial charge in [0.2, 0.25) is 0 Å². The summed E-state index contributed by atoms with van der Waals surface area (Å²) in [5.74, 6) is 0.675. The van der Waals surface area contributed by atoms with Gasteiger partial charge in [-0.2, -0.15) is 5.10 Å². The number of rotatable bonds is 5. The van der Waals surface area contributed by atoms with E-state index in [-0.39, 0.29) is 5.91 Å². The summed E-state index contributed by atoms with van der Waals surface area (Å²) in [6.07, 6.45) is 8.07. The van der Waals surface area contributed by atoms with Crippen molar-refractivity contribution in [2.75, 3.05) is 0 Å². The van der Waals surface area contributed by atoms with Crippen molar-refractivity contribution in [2.24, 2.45) is 0 Å². The molecule has 1 aliphatic carbocycles. The van der Waals surface area contributed by atoms with E-state index in [2.05, 4.69) is 15.2 Å². The van der Waals surface area contributed by atoms with Crippen LogP contribution in [-0.2, 0) is 25.9 Å². The Kier molecular flexibility index (Phi) is 3.86. The lowest BCUT2D eigenvalue weighted by molar-refractivity contribution is 0.0710. The van der Waals surface area contributed by atoms with Crippen LogP contribution in [0.1, 0.15) is 39.5 Å². The minimum Gasteiger partial charge on any atom is -0.467 e. The normalized spacial score (nSPS) is 13.0. The fraction of sp³-hybridized carbons (Fsp3) is 0.278. The number of furan rings is 1. The Hall–Kier alpha value is -2.89. The number of hydrogen-bond acceptors (Lipinski definition) is 4. The number of pyridine rings is 1. The van der Waals surface area contributed by atoms with Crippen molar-refractivity contribution >= 4 is 5.91 Å². The first-order valence-corrected chi connectivity index (χ1v) is 8.08. The number of carbonyl (C=O) groups excluding carboxylic acids is 1. The maximum absolute atomic E-state index is 13.1. The second-order valence-corrected chi connectivity index (χ2v) is 5.98. The summed E-state index contributed by atoms with van der Waals surface area (Å²) in [5, 5.41) is 7.28. The van der Waals surface area contributed by atoms with Crippen LogP contribution < -0.4 is 0 Å². The summed E-state index contributed by atoms with van der Waals surface area (Å²) in [6, 6.07) is 7.54. The number of fused-ring (bicyclic) bond motifs is 1. The van der Waals surface area contributed by atoms with Gasteiger partial charge in [-0.3, -0.25) is 14.9 Å². The second-order valence-electron chi connectivity index (χ2n) is 5.98. The molecule has 0 radical (unpaired) electrons. The van der Waals surface area contributed by atoms with Gasteiger partial charge in [0.05, 0.1) is 12.8 Å². The third-order valence-corrected chi connectivity index (χ3v) is 4.32. The van der Waals surface area contributed by atoms with Gasteiger partial charge < -0.3 is 9.32 Å². The quantitative estimate of drug-likeness (QED) is 0.784. The first kappa shape index (κ1) is 14.7. The van der Waals surface area contributed by atoms with Crippen molar-refractivity contribution in [1.82, 2.24) is 20.1 Å². The van der Waals surface area contributed by atoms with Crippen LogP contribution in [0.15, 0.2) is 47.3 Å². The molecule has 3 heterocycles. The lowest BCUT2D eigenvalue weighted by atomic mass is 10.1. The van der Waals surface area contributed by atoms with Gasteiger partial charge in [0, 0.05) is 30.2 Å². The monoisotopic (exact) mass is 322 g/mol. The number of aryl methyl sites for hydroxylation is 1. The lowest BCUT2D eigenvalue weighted by Crippen LogP contribution is -2.31. The molecule has 0 bridgehead atoms. The summed E-state index contributed by atoms with van der Waals surface area (Å²) in [7, 11) is 0. The first-order valence-electron chi connectivity index (χ1n) is 8.08. The van der Waals surface area contributed by atoms with Gasteiger partial charge >= 0.3 is 0 Å². The predicted octanol–water partition coefficient (Wildman–Crippen LogP) is 2.73. The van der Waals surface area contributed by atoms with Gasteiger partial charge in [-0.15, -0.1) is 0 Å². The van der Waals surface area contributed by atoms with Gasteiger partial charge in [-0.25, -0.2) is 0 Å². The number of nitrogens with zero attached hydrogens (tertiary/aromatic N) is 3. The molecule has 0 saturated carbocycles. The summed E-state index contributed by atoms with van der Waals surface area (Å²) in [5.41, 5.74) is 3.68. The van der Waals surface area contributed by atoms with Gasteiger partial charge in [-0.1, -0.05) is 6.07 Å². The fourth-order valence-electron chi connectivity index (χ4n) is 3.15. The molecule has 1 aliphatic rings. The number of aromatic nitrogens is 3. The lowest BCUT2D eigenvalue weighted by Gasteiger charge is -2.21. The van der Waals surface area contributed by atoms with Crippen LogP contribution in [0.25, 0.3) is 0 Å². The topological polar surface area (TPSA) is 75.0 Å². The van der Waals surface area contributed by atoms with Crippen LogP contribution >= 0.6 is 0 Å². The van der Waals surface area contributed by atoms with Crippen LogP contribution in [0.3, 0.4) is 0 Å². The molecule has 0 aliphatic heterocycles. The molecule has 0 spiro atoms. The largest absolute Gasteiger partial charge is 0.467 e. The van der Waals surface area contributed by atoms with E-state index in [0.29, 0.717) is 18.8 Å². The second kappa shape index (κ2) is 6.31. The zero-order chi connectivity index (χ0) is 16.4. The molecule has 6 nitrogen and oxygen atoms in total. The molecule has 4 rings (SSSR count). The Morgan fingerprint density at radius 3 is 3.00 bits per heavy atom. The van der Waals surface area contributed by atoms with Crippen molar-refractivity contribution in [3.63, 3.8) is 0 Å². The van der Waals surface area contributed by atoms with E-state index < -0.39 is 0 Å². The SMILES string of the molecule is O=C(c1n[nH]c2c1CCC2)N(Cc1cccnc1)Cc1ccco1. The number of H-pyrrole nitrogens is 1. The Balaban J connectivity index is 1.62. The Labute approximate surface area is 139 Å². The van der Waals surface area contributed by atoms with Crippen molar-refractivity contribution in [2.45, 2.75) is 32.4 Å². The Bertz CT molecular complexity index is 824. The highest BCUT2D eigenvalue weighted by Gasteiger charge is 2.27. The van der Waals surface area contributed by atoms with E-state index in [1.54, 1.807) is 23.6 Å². The standard InChI is InChI=1S/C18H18N4O2/c23-18(17-15-6-1-7-16(15)20-21-17)22(12-14-5-3-9-24-14)11-13-4-2-8-19-10-13/h2-5,8-10H,1,6-7,11-12H2,(H,20,21). The van der Waals surface area contributed by atoms with E-state index in [4.69, 9.17) is 4.42 Å². The smallest absolute Gasteiger partial charge is 0.275 e. The highest BCUT2D eigenvalue weighted by molar-refractivity contribution is 5.94. The molecule has 0 atom stereocenters. The molecular formula is C18H18N4O2. The van der Waals surface area contributed by atoms with E-state index in [0.717, 1.165) is 41.8 Å². The van der Waals surface area contributed by atoms with E-state index >= 15 is 0 Å². The zero-order valence-corrected chi connectivity index (χ0v) is 13.2. The average Bonchev–Trinajstić information content (AvgIpc) is 3.32. The number of nitrogens with one attached hydrogen (secondary N) is 1. The summed E-state index contributed by atoms with van der Waals surface area (Å²) in [6.45, 7) is 0.872. The summed E-state index contributed by atoms with van der Waals surface area (Å²) >= 11 is 0. The van der Waals surface area contributed by atoms with Gasteiger partial charge in [-0.05, 0) is 43.0 Å². The third-order valence-electron chi connectivity index (χ3n) is 4.32. The maximum Gasteiger partial charge on any atom is 0.275 e. The van der Waals surface area contributed by atoms with Crippen LogP contribution in [0.5, 0.6) is 0 Å². The number of aromatic amines is 1. The predicted molar refractivity (Wildman–Crippen MR) is 87.1 cm³/mol. The van der Waals surface area contributed by atoms with Crippen molar-refractivity contribution in [3.8, 4) is 0 Å². The average molecular weight is 322 g/mol. The Morgan fingerprint density at radius 1 is 1.25 bits per heavy atom. The summed E-state index contributed by atoms with van der Waals surface area (Å²) in [4.78, 5) is 19.0. The number of hydrogen-bond donors (Lipinski definition) is 1. The van der Waals surface area contributed by atoms with E-state index in [1.165, 1.54) is 0 Å².